The van der Waals surface area contributed by atoms with Crippen molar-refractivity contribution >= 4 is 33.4 Å². The number of carbonyl (C=O) groups is 1. The van der Waals surface area contributed by atoms with Gasteiger partial charge in [-0.25, -0.2) is 13.6 Å². The van der Waals surface area contributed by atoms with E-state index in [1.165, 1.54) is 35.5 Å². The first kappa shape index (κ1) is 17.5. The second-order valence-corrected chi connectivity index (χ2v) is 7.76. The van der Waals surface area contributed by atoms with Crippen LogP contribution in [0.15, 0.2) is 52.3 Å². The van der Waals surface area contributed by atoms with Gasteiger partial charge in [0.15, 0.2) is 0 Å². The highest BCUT2D eigenvalue weighted by Gasteiger charge is 2.10. The maximum atomic E-state index is 12.0. The van der Waals surface area contributed by atoms with E-state index in [2.05, 4.69) is 11.4 Å². The van der Waals surface area contributed by atoms with Gasteiger partial charge in [0.25, 0.3) is 0 Å². The van der Waals surface area contributed by atoms with E-state index >= 15 is 0 Å². The van der Waals surface area contributed by atoms with E-state index in [9.17, 15) is 13.2 Å². The highest BCUT2D eigenvalue weighted by molar-refractivity contribution is 8.00. The molecule has 0 unspecified atom stereocenters. The molecule has 5 nitrogen and oxygen atoms in total. The van der Waals surface area contributed by atoms with Gasteiger partial charge in [-0.15, -0.1) is 11.8 Å². The van der Waals surface area contributed by atoms with Crippen molar-refractivity contribution in [3.05, 3.63) is 53.6 Å². The molecule has 122 valence electrons. The number of hydrogen-bond donors (Lipinski definition) is 2. The van der Waals surface area contributed by atoms with Crippen LogP contribution in [0.5, 0.6) is 0 Å². The average molecular weight is 350 g/mol. The smallest absolute Gasteiger partial charge is 0.238 e. The lowest BCUT2D eigenvalue weighted by Crippen LogP contribution is -2.16. The number of nitrogens with one attached hydrogen (secondary N) is 1. The summed E-state index contributed by atoms with van der Waals surface area (Å²) in [4.78, 5) is 13.0. The molecule has 1 amide bonds. The molecule has 2 rings (SSSR count). The standard InChI is InChI=1S/C16H18N2O3S2/c1-11-6-7-15(12(2)8-11)22-10-16(19)18-13-4-3-5-14(9-13)23(17,20)21/h3-9H,10H2,1-2H3,(H,18,19)(H2,17,20,21). The molecule has 0 aromatic heterocycles. The topological polar surface area (TPSA) is 89.3 Å². The van der Waals surface area contributed by atoms with Gasteiger partial charge in [0, 0.05) is 10.6 Å². The fraction of sp³-hybridized carbons (Fsp3) is 0.188. The van der Waals surface area contributed by atoms with Crippen molar-refractivity contribution in [3.63, 3.8) is 0 Å². The van der Waals surface area contributed by atoms with Crippen LogP contribution >= 0.6 is 11.8 Å². The number of benzene rings is 2. The Labute approximate surface area is 140 Å². The molecule has 0 aliphatic heterocycles. The zero-order valence-corrected chi connectivity index (χ0v) is 14.5. The van der Waals surface area contributed by atoms with E-state index in [4.69, 9.17) is 5.14 Å². The molecule has 0 radical (unpaired) electrons. The number of nitrogens with two attached hydrogens (primary N) is 1. The van der Waals surface area contributed by atoms with Gasteiger partial charge < -0.3 is 5.32 Å². The Morgan fingerprint density at radius 1 is 1.17 bits per heavy atom. The molecule has 0 saturated heterocycles. The second kappa shape index (κ2) is 7.16. The molecule has 0 aliphatic rings. The number of anilines is 1. The van der Waals surface area contributed by atoms with Crippen LogP contribution in [-0.2, 0) is 14.8 Å². The van der Waals surface area contributed by atoms with Crippen molar-refractivity contribution in [2.45, 2.75) is 23.6 Å². The van der Waals surface area contributed by atoms with Crippen LogP contribution in [0.25, 0.3) is 0 Å². The third-order valence-electron chi connectivity index (χ3n) is 3.14. The van der Waals surface area contributed by atoms with Crippen LogP contribution in [0.2, 0.25) is 0 Å². The zero-order chi connectivity index (χ0) is 17.0. The van der Waals surface area contributed by atoms with Gasteiger partial charge in [-0.1, -0.05) is 23.8 Å². The lowest BCUT2D eigenvalue weighted by molar-refractivity contribution is -0.113. The minimum atomic E-state index is -3.78. The van der Waals surface area contributed by atoms with Crippen molar-refractivity contribution in [2.75, 3.05) is 11.1 Å². The summed E-state index contributed by atoms with van der Waals surface area (Å²) in [6.07, 6.45) is 0. The fourth-order valence-electron chi connectivity index (χ4n) is 2.05. The molecule has 3 N–H and O–H groups in total. The van der Waals surface area contributed by atoms with Crippen molar-refractivity contribution in [3.8, 4) is 0 Å². The van der Waals surface area contributed by atoms with Gasteiger partial charge in [-0.05, 0) is 43.7 Å². The van der Waals surface area contributed by atoms with Gasteiger partial charge in [0.2, 0.25) is 15.9 Å². The van der Waals surface area contributed by atoms with E-state index in [-0.39, 0.29) is 16.6 Å². The predicted molar refractivity (Wildman–Crippen MR) is 93.1 cm³/mol. The SMILES string of the molecule is Cc1ccc(SCC(=O)Nc2cccc(S(N)(=O)=O)c2)c(C)c1. The Balaban J connectivity index is 2.00. The van der Waals surface area contributed by atoms with Gasteiger partial charge >= 0.3 is 0 Å². The van der Waals surface area contributed by atoms with Crippen LogP contribution in [-0.4, -0.2) is 20.1 Å². The normalized spacial score (nSPS) is 11.3. The van der Waals surface area contributed by atoms with Gasteiger partial charge in [0.1, 0.15) is 0 Å². The predicted octanol–water partition coefficient (Wildman–Crippen LogP) is 2.68. The maximum Gasteiger partial charge on any atom is 0.238 e. The quantitative estimate of drug-likeness (QED) is 0.811. The van der Waals surface area contributed by atoms with E-state index < -0.39 is 10.0 Å². The summed E-state index contributed by atoms with van der Waals surface area (Å²) < 4.78 is 22.6. The monoisotopic (exact) mass is 350 g/mol. The molecule has 0 saturated carbocycles. The van der Waals surface area contributed by atoms with Crippen LogP contribution in [0, 0.1) is 13.8 Å². The van der Waals surface area contributed by atoms with Gasteiger partial charge in [-0.2, -0.15) is 0 Å². The van der Waals surface area contributed by atoms with Gasteiger partial charge in [0.05, 0.1) is 10.6 Å². The number of hydrogen-bond acceptors (Lipinski definition) is 4. The molecule has 7 heteroatoms. The molecule has 0 spiro atoms. The molecular weight excluding hydrogens is 332 g/mol. The number of thioether (sulfide) groups is 1. The maximum absolute atomic E-state index is 12.0. The number of aryl methyl sites for hydroxylation is 2. The van der Waals surface area contributed by atoms with E-state index in [1.54, 1.807) is 6.07 Å². The Hall–Kier alpha value is -1.83. The van der Waals surface area contributed by atoms with Crippen molar-refractivity contribution in [1.29, 1.82) is 0 Å². The number of primary sulfonamides is 1. The van der Waals surface area contributed by atoms with Crippen molar-refractivity contribution in [2.24, 2.45) is 5.14 Å². The summed E-state index contributed by atoms with van der Waals surface area (Å²) in [5.74, 6) is 0.0327. The summed E-state index contributed by atoms with van der Waals surface area (Å²) >= 11 is 1.44. The Bertz CT molecular complexity index is 833. The number of amides is 1. The van der Waals surface area contributed by atoms with E-state index in [0.29, 0.717) is 5.69 Å². The van der Waals surface area contributed by atoms with Crippen molar-refractivity contribution < 1.29 is 13.2 Å². The largest absolute Gasteiger partial charge is 0.325 e. The summed E-state index contributed by atoms with van der Waals surface area (Å²) in [6, 6.07) is 11.9. The molecular formula is C16H18N2O3S2. The van der Waals surface area contributed by atoms with E-state index in [0.717, 1.165) is 10.5 Å². The Morgan fingerprint density at radius 3 is 2.57 bits per heavy atom. The zero-order valence-electron chi connectivity index (χ0n) is 12.9. The van der Waals surface area contributed by atoms with Crippen LogP contribution in [0.3, 0.4) is 0 Å². The molecule has 23 heavy (non-hydrogen) atoms. The number of rotatable bonds is 5. The van der Waals surface area contributed by atoms with Gasteiger partial charge in [-0.3, -0.25) is 4.79 Å². The first-order valence-corrected chi connectivity index (χ1v) is 9.41. The average Bonchev–Trinajstić information content (AvgIpc) is 2.45. The Morgan fingerprint density at radius 2 is 1.91 bits per heavy atom. The van der Waals surface area contributed by atoms with Crippen LogP contribution in [0.1, 0.15) is 11.1 Å². The summed E-state index contributed by atoms with van der Waals surface area (Å²) in [5.41, 5.74) is 2.71. The molecule has 2 aromatic rings. The third-order valence-corrected chi connectivity index (χ3v) is 5.22. The number of carbonyl (C=O) groups excluding carboxylic acids is 1. The highest BCUT2D eigenvalue weighted by atomic mass is 32.2. The van der Waals surface area contributed by atoms with Crippen LogP contribution < -0.4 is 10.5 Å². The number of sulfonamides is 1. The molecule has 2 aromatic carbocycles. The Kier molecular flexibility index (Phi) is 5.46. The highest BCUT2D eigenvalue weighted by Crippen LogP contribution is 2.23. The summed E-state index contributed by atoms with van der Waals surface area (Å²) in [5, 5.41) is 7.75. The molecule has 0 atom stereocenters. The van der Waals surface area contributed by atoms with E-state index in [1.807, 2.05) is 26.0 Å². The molecule has 0 heterocycles. The minimum Gasteiger partial charge on any atom is -0.325 e. The lowest BCUT2D eigenvalue weighted by atomic mass is 10.2. The third kappa shape index (κ3) is 5.09. The molecule has 0 aliphatic carbocycles. The fourth-order valence-corrected chi connectivity index (χ4v) is 3.42. The molecule has 0 bridgehead atoms. The van der Waals surface area contributed by atoms with Crippen molar-refractivity contribution in [1.82, 2.24) is 0 Å². The first-order chi connectivity index (χ1) is 10.8. The second-order valence-electron chi connectivity index (χ2n) is 5.18. The molecule has 0 fully saturated rings. The summed E-state index contributed by atoms with van der Waals surface area (Å²) in [6.45, 7) is 4.02. The first-order valence-electron chi connectivity index (χ1n) is 6.88. The van der Waals surface area contributed by atoms with Crippen LogP contribution in [0.4, 0.5) is 5.69 Å². The summed E-state index contributed by atoms with van der Waals surface area (Å²) in [7, 11) is -3.78. The minimum absolute atomic E-state index is 0.0302. The lowest BCUT2D eigenvalue weighted by Gasteiger charge is -2.08.